The molecule has 38 heavy (non-hydrogen) atoms. The summed E-state index contributed by atoms with van der Waals surface area (Å²) in [6, 6.07) is 17.0. The molecule has 0 bridgehead atoms. The summed E-state index contributed by atoms with van der Waals surface area (Å²) in [7, 11) is -3.99. The van der Waals surface area contributed by atoms with Crippen LogP contribution in [0.5, 0.6) is 11.5 Å². The van der Waals surface area contributed by atoms with Crippen LogP contribution < -0.4 is 9.46 Å². The van der Waals surface area contributed by atoms with E-state index >= 15 is 0 Å². The maximum absolute atomic E-state index is 13.1. The van der Waals surface area contributed by atoms with Crippen LogP contribution in [0, 0.1) is 5.92 Å². The van der Waals surface area contributed by atoms with E-state index in [4.69, 9.17) is 32.7 Å². The Labute approximate surface area is 231 Å². The van der Waals surface area contributed by atoms with Gasteiger partial charge in [-0.25, -0.2) is 8.42 Å². The third-order valence-electron chi connectivity index (χ3n) is 6.06. The van der Waals surface area contributed by atoms with Gasteiger partial charge in [-0.15, -0.1) is 0 Å². The topological polar surface area (TPSA) is 102 Å². The molecule has 1 saturated heterocycles. The van der Waals surface area contributed by atoms with Gasteiger partial charge in [-0.05, 0) is 74.4 Å². The molecule has 0 unspecified atom stereocenters. The number of nitrogens with zero attached hydrogens (tertiary/aromatic N) is 1. The van der Waals surface area contributed by atoms with Crippen LogP contribution >= 0.6 is 23.2 Å². The molecule has 1 fully saturated rings. The fourth-order valence-electron chi connectivity index (χ4n) is 4.06. The van der Waals surface area contributed by atoms with Gasteiger partial charge in [0.2, 0.25) is 0 Å². The Kier molecular flexibility index (Phi) is 8.81. The van der Waals surface area contributed by atoms with Crippen molar-refractivity contribution < 1.29 is 27.5 Å². The average Bonchev–Trinajstić information content (AvgIpc) is 2.91. The second-order valence-electron chi connectivity index (χ2n) is 8.62. The van der Waals surface area contributed by atoms with Gasteiger partial charge in [-0.3, -0.25) is 14.3 Å². The number of sulfonamides is 1. The van der Waals surface area contributed by atoms with E-state index < -0.39 is 10.0 Å². The van der Waals surface area contributed by atoms with Gasteiger partial charge in [0.1, 0.15) is 5.75 Å². The van der Waals surface area contributed by atoms with Gasteiger partial charge in [-0.1, -0.05) is 35.3 Å². The number of ether oxygens (including phenoxy) is 2. The van der Waals surface area contributed by atoms with E-state index in [1.807, 2.05) is 0 Å². The van der Waals surface area contributed by atoms with Gasteiger partial charge in [0.25, 0.3) is 15.9 Å². The molecule has 1 amide bonds. The van der Waals surface area contributed by atoms with Crippen LogP contribution in [-0.2, 0) is 19.6 Å². The summed E-state index contributed by atoms with van der Waals surface area (Å²) in [4.78, 5) is 26.5. The maximum atomic E-state index is 13.1. The Balaban J connectivity index is 1.44. The highest BCUT2D eigenvalue weighted by Gasteiger charge is 2.29. The van der Waals surface area contributed by atoms with Crippen LogP contribution in [-0.4, -0.2) is 44.9 Å². The van der Waals surface area contributed by atoms with E-state index in [1.54, 1.807) is 48.2 Å². The minimum atomic E-state index is -3.99. The molecule has 0 aromatic heterocycles. The summed E-state index contributed by atoms with van der Waals surface area (Å²) in [6.45, 7) is 2.95. The monoisotopic (exact) mass is 576 g/mol. The Hall–Kier alpha value is -3.27. The number of nitrogens with one attached hydrogen (secondary N) is 1. The van der Waals surface area contributed by atoms with Gasteiger partial charge in [-0.2, -0.15) is 0 Å². The molecule has 1 aliphatic heterocycles. The quantitative estimate of drug-likeness (QED) is 0.330. The molecule has 0 spiro atoms. The van der Waals surface area contributed by atoms with Crippen molar-refractivity contribution in [3.05, 3.63) is 82.3 Å². The highest BCUT2D eigenvalue weighted by molar-refractivity contribution is 7.92. The number of halogens is 2. The maximum Gasteiger partial charge on any atom is 0.309 e. The van der Waals surface area contributed by atoms with Gasteiger partial charge in [0, 0.05) is 23.7 Å². The molecule has 0 radical (unpaired) electrons. The number of hydrogen-bond acceptors (Lipinski definition) is 6. The SMILES string of the molecule is CCOC(=O)C1CCN(C(=O)c2ccc(S(=O)(=O)Nc3ccccc3Oc3ccc(Cl)cc3Cl)cc2)CC1. The molecule has 1 N–H and O–H groups in total. The molecule has 3 aromatic carbocycles. The number of piperidine rings is 1. The summed E-state index contributed by atoms with van der Waals surface area (Å²) >= 11 is 12.1. The first kappa shape index (κ1) is 27.8. The molecule has 0 saturated carbocycles. The molecule has 3 aromatic rings. The fourth-order valence-corrected chi connectivity index (χ4v) is 5.58. The molecule has 200 valence electrons. The van der Waals surface area contributed by atoms with Crippen molar-refractivity contribution in [3.63, 3.8) is 0 Å². The number of hydrogen-bond donors (Lipinski definition) is 1. The van der Waals surface area contributed by atoms with Crippen LogP contribution in [0.3, 0.4) is 0 Å². The van der Waals surface area contributed by atoms with Crippen LogP contribution in [0.1, 0.15) is 30.1 Å². The van der Waals surface area contributed by atoms with Crippen molar-refractivity contribution in [1.29, 1.82) is 0 Å². The number of anilines is 1. The second-order valence-corrected chi connectivity index (χ2v) is 11.1. The Morgan fingerprint density at radius 2 is 1.66 bits per heavy atom. The van der Waals surface area contributed by atoms with Crippen molar-refractivity contribution >= 4 is 50.8 Å². The summed E-state index contributed by atoms with van der Waals surface area (Å²) in [6.07, 6.45) is 1.06. The Bertz CT molecular complexity index is 1420. The van der Waals surface area contributed by atoms with Crippen molar-refractivity contribution in [2.45, 2.75) is 24.7 Å². The zero-order chi connectivity index (χ0) is 27.3. The van der Waals surface area contributed by atoms with Crippen LogP contribution in [0.4, 0.5) is 5.69 Å². The predicted octanol–water partition coefficient (Wildman–Crippen LogP) is 6.00. The number of carbonyl (C=O) groups is 2. The minimum absolute atomic E-state index is 0.0191. The lowest BCUT2D eigenvalue weighted by Gasteiger charge is -2.31. The first-order valence-corrected chi connectivity index (χ1v) is 14.2. The fraction of sp³-hybridized carbons (Fsp3) is 0.259. The third-order valence-corrected chi connectivity index (χ3v) is 7.97. The molecule has 1 aliphatic rings. The summed E-state index contributed by atoms with van der Waals surface area (Å²) in [5.74, 6) is -0.0944. The largest absolute Gasteiger partial charge is 0.466 e. The van der Waals surface area contributed by atoms with Gasteiger partial charge < -0.3 is 14.4 Å². The highest BCUT2D eigenvalue weighted by Crippen LogP contribution is 2.35. The standard InChI is InChI=1S/C27H26Cl2N2O6S/c1-2-36-27(33)19-13-15-31(16-14-19)26(32)18-7-10-21(11-8-18)38(34,35)30-23-5-3-4-6-25(23)37-24-12-9-20(28)17-22(24)29/h3-12,17,19,30H,2,13-16H2,1H3. The summed E-state index contributed by atoms with van der Waals surface area (Å²) in [5, 5.41) is 0.722. The first-order chi connectivity index (χ1) is 18.2. The number of rotatable bonds is 8. The number of esters is 1. The number of amides is 1. The van der Waals surface area contributed by atoms with E-state index in [1.165, 1.54) is 30.3 Å². The zero-order valence-corrected chi connectivity index (χ0v) is 22.9. The number of carbonyl (C=O) groups excluding carboxylic acids is 2. The number of benzene rings is 3. The van der Waals surface area contributed by atoms with Gasteiger partial charge in [0.15, 0.2) is 5.75 Å². The molecular weight excluding hydrogens is 551 g/mol. The number of likely N-dealkylation sites (tertiary alicyclic amines) is 1. The van der Waals surface area contributed by atoms with E-state index in [0.29, 0.717) is 48.9 Å². The van der Waals surface area contributed by atoms with Gasteiger partial charge in [0.05, 0.1) is 28.1 Å². The van der Waals surface area contributed by atoms with Crippen LogP contribution in [0.2, 0.25) is 10.0 Å². The zero-order valence-electron chi connectivity index (χ0n) is 20.5. The molecule has 1 heterocycles. The van der Waals surface area contributed by atoms with E-state index in [9.17, 15) is 18.0 Å². The normalized spacial score (nSPS) is 14.1. The lowest BCUT2D eigenvalue weighted by Crippen LogP contribution is -2.40. The molecule has 0 atom stereocenters. The minimum Gasteiger partial charge on any atom is -0.466 e. The van der Waals surface area contributed by atoms with Gasteiger partial charge >= 0.3 is 5.97 Å². The van der Waals surface area contributed by atoms with E-state index in [-0.39, 0.29) is 39.1 Å². The summed E-state index contributed by atoms with van der Waals surface area (Å²) in [5.41, 5.74) is 0.572. The highest BCUT2D eigenvalue weighted by atomic mass is 35.5. The van der Waals surface area contributed by atoms with E-state index in [2.05, 4.69) is 4.72 Å². The predicted molar refractivity (Wildman–Crippen MR) is 145 cm³/mol. The smallest absolute Gasteiger partial charge is 0.309 e. The van der Waals surface area contributed by atoms with E-state index in [0.717, 1.165) is 0 Å². The molecular formula is C27H26Cl2N2O6S. The average molecular weight is 577 g/mol. The molecule has 8 nitrogen and oxygen atoms in total. The molecule has 0 aliphatic carbocycles. The number of para-hydroxylation sites is 2. The van der Waals surface area contributed by atoms with Crippen LogP contribution in [0.25, 0.3) is 0 Å². The van der Waals surface area contributed by atoms with Crippen molar-refractivity contribution in [2.75, 3.05) is 24.4 Å². The van der Waals surface area contributed by atoms with Crippen molar-refractivity contribution in [1.82, 2.24) is 4.90 Å². The first-order valence-electron chi connectivity index (χ1n) is 12.0. The summed E-state index contributed by atoms with van der Waals surface area (Å²) < 4.78 is 39.6. The Morgan fingerprint density at radius 3 is 2.32 bits per heavy atom. The van der Waals surface area contributed by atoms with Crippen LogP contribution in [0.15, 0.2) is 71.6 Å². The van der Waals surface area contributed by atoms with Crippen molar-refractivity contribution in [3.8, 4) is 11.5 Å². The molecule has 4 rings (SSSR count). The Morgan fingerprint density at radius 1 is 0.974 bits per heavy atom. The lowest BCUT2D eigenvalue weighted by atomic mass is 9.96. The third kappa shape index (κ3) is 6.59. The molecule has 11 heteroatoms. The second kappa shape index (κ2) is 12.1. The van der Waals surface area contributed by atoms with Crippen molar-refractivity contribution in [2.24, 2.45) is 5.92 Å². The lowest BCUT2D eigenvalue weighted by molar-refractivity contribution is -0.149.